The Labute approximate surface area is 169 Å². The van der Waals surface area contributed by atoms with Crippen LogP contribution in [0.4, 0.5) is 0 Å². The molecule has 1 aromatic carbocycles. The number of hydrogen-bond donors (Lipinski definition) is 1. The number of nitriles is 1. The number of phenols is 1. The van der Waals surface area contributed by atoms with Crippen LogP contribution in [0.15, 0.2) is 22.8 Å². The molecule has 0 radical (unpaired) electrons. The highest BCUT2D eigenvalue weighted by molar-refractivity contribution is 5.63. The molecular weight excluding hydrogens is 350 g/mol. The summed E-state index contributed by atoms with van der Waals surface area (Å²) in [5.74, 6) is 0.931. The smallest absolute Gasteiger partial charge is 0.226 e. The highest BCUT2D eigenvalue weighted by Crippen LogP contribution is 2.41. The molecule has 5 nitrogen and oxygen atoms in total. The second-order valence-corrected chi connectivity index (χ2v) is 9.53. The number of hydrogen-bond acceptors (Lipinski definition) is 5. The van der Waals surface area contributed by atoms with E-state index in [9.17, 15) is 5.11 Å². The molecule has 0 aliphatic heterocycles. The summed E-state index contributed by atoms with van der Waals surface area (Å²) in [5.41, 5.74) is 3.17. The van der Waals surface area contributed by atoms with Crippen molar-refractivity contribution in [3.8, 4) is 23.3 Å². The topological polar surface area (TPSA) is 73.3 Å². The Bertz CT molecular complexity index is 813. The van der Waals surface area contributed by atoms with Crippen molar-refractivity contribution in [1.29, 1.82) is 5.26 Å². The molecule has 0 aliphatic rings. The second kappa shape index (κ2) is 8.36. The number of rotatable bonds is 6. The summed E-state index contributed by atoms with van der Waals surface area (Å²) in [5, 5.41) is 19.6. The minimum atomic E-state index is -0.195. The largest absolute Gasteiger partial charge is 0.507 e. The molecule has 0 fully saturated rings. The quantitative estimate of drug-likeness (QED) is 0.757. The Morgan fingerprint density at radius 3 is 2.14 bits per heavy atom. The third-order valence-electron chi connectivity index (χ3n) is 4.88. The number of benzene rings is 1. The van der Waals surface area contributed by atoms with Crippen LogP contribution in [-0.4, -0.2) is 35.1 Å². The number of nitrogens with zero attached hydrogens (tertiary/aromatic N) is 3. The minimum absolute atomic E-state index is 0.195. The predicted octanol–water partition coefficient (Wildman–Crippen LogP) is 5.03. The number of oxazole rings is 1. The molecule has 0 saturated heterocycles. The fourth-order valence-corrected chi connectivity index (χ4v) is 3.11. The van der Waals surface area contributed by atoms with Crippen LogP contribution >= 0.6 is 0 Å². The number of aromatic nitrogens is 1. The van der Waals surface area contributed by atoms with E-state index in [1.54, 1.807) is 6.26 Å². The van der Waals surface area contributed by atoms with Crippen molar-refractivity contribution < 1.29 is 9.52 Å². The summed E-state index contributed by atoms with van der Waals surface area (Å²) in [6.45, 7) is 14.1. The van der Waals surface area contributed by atoms with Crippen LogP contribution in [0.5, 0.6) is 5.75 Å². The van der Waals surface area contributed by atoms with Crippen LogP contribution in [0.25, 0.3) is 11.5 Å². The van der Waals surface area contributed by atoms with Gasteiger partial charge in [0.25, 0.3) is 0 Å². The van der Waals surface area contributed by atoms with E-state index in [0.717, 1.165) is 41.9 Å². The number of likely N-dealkylation sites (N-methyl/N-ethyl adjacent to an activating group) is 1. The highest BCUT2D eigenvalue weighted by atomic mass is 16.3. The molecule has 0 saturated carbocycles. The van der Waals surface area contributed by atoms with Crippen molar-refractivity contribution in [1.82, 2.24) is 9.88 Å². The molecule has 0 unspecified atom stereocenters. The zero-order valence-corrected chi connectivity index (χ0v) is 18.3. The molecule has 0 amide bonds. The third kappa shape index (κ3) is 5.36. The average Bonchev–Trinajstić information content (AvgIpc) is 3.05. The normalized spacial score (nSPS) is 12.4. The van der Waals surface area contributed by atoms with Crippen molar-refractivity contribution in [3.05, 3.63) is 35.2 Å². The Kier molecular flexibility index (Phi) is 6.56. The maximum Gasteiger partial charge on any atom is 0.226 e. The van der Waals surface area contributed by atoms with E-state index >= 15 is 0 Å². The Morgan fingerprint density at radius 1 is 1.07 bits per heavy atom. The fourth-order valence-electron chi connectivity index (χ4n) is 3.11. The molecule has 0 atom stereocenters. The molecule has 28 heavy (non-hydrogen) atoms. The summed E-state index contributed by atoms with van der Waals surface area (Å²) in [6, 6.07) is 6.14. The van der Waals surface area contributed by atoms with Crippen molar-refractivity contribution in [2.75, 3.05) is 20.1 Å². The zero-order valence-electron chi connectivity index (χ0n) is 18.3. The molecule has 1 N–H and O–H groups in total. The van der Waals surface area contributed by atoms with Crippen LogP contribution in [-0.2, 0) is 17.3 Å². The first-order chi connectivity index (χ1) is 12.9. The minimum Gasteiger partial charge on any atom is -0.507 e. The number of phenolic OH excluding ortho intramolecular Hbond substituents is 1. The maximum atomic E-state index is 10.9. The van der Waals surface area contributed by atoms with Gasteiger partial charge in [0.05, 0.1) is 11.8 Å². The Hall–Kier alpha value is -2.32. The van der Waals surface area contributed by atoms with Crippen molar-refractivity contribution >= 4 is 0 Å². The molecule has 0 aliphatic carbocycles. The third-order valence-corrected chi connectivity index (χ3v) is 4.88. The molecule has 0 spiro atoms. The summed E-state index contributed by atoms with van der Waals surface area (Å²) in [7, 11) is 2.00. The van der Waals surface area contributed by atoms with Gasteiger partial charge in [0.1, 0.15) is 12.0 Å². The lowest BCUT2D eigenvalue weighted by Gasteiger charge is -2.27. The average molecular weight is 384 g/mol. The summed E-state index contributed by atoms with van der Waals surface area (Å²) >= 11 is 0. The molecule has 2 rings (SSSR count). The van der Waals surface area contributed by atoms with E-state index in [2.05, 4.69) is 57.5 Å². The van der Waals surface area contributed by atoms with Crippen LogP contribution in [0.3, 0.4) is 0 Å². The Balaban J connectivity index is 2.33. The van der Waals surface area contributed by atoms with Gasteiger partial charge in [-0.05, 0) is 30.0 Å². The van der Waals surface area contributed by atoms with Crippen molar-refractivity contribution in [2.45, 2.75) is 65.2 Å². The van der Waals surface area contributed by atoms with Crippen molar-refractivity contribution in [3.63, 3.8) is 0 Å². The van der Waals surface area contributed by atoms with Gasteiger partial charge in [0.2, 0.25) is 5.89 Å². The lowest BCUT2D eigenvalue weighted by molar-refractivity contribution is 0.345. The van der Waals surface area contributed by atoms with Crippen LogP contribution in [0, 0.1) is 11.3 Å². The Morgan fingerprint density at radius 2 is 1.64 bits per heavy atom. The van der Waals surface area contributed by atoms with Gasteiger partial charge in [-0.3, -0.25) is 0 Å². The highest BCUT2D eigenvalue weighted by Gasteiger charge is 2.27. The molecule has 0 bridgehead atoms. The van der Waals surface area contributed by atoms with Gasteiger partial charge in [-0.25, -0.2) is 4.98 Å². The fraction of sp³-hybridized carbons (Fsp3) is 0.565. The van der Waals surface area contributed by atoms with E-state index in [0.29, 0.717) is 18.1 Å². The van der Waals surface area contributed by atoms with Gasteiger partial charge in [-0.2, -0.15) is 5.26 Å². The van der Waals surface area contributed by atoms with E-state index in [1.165, 1.54) is 0 Å². The maximum absolute atomic E-state index is 10.9. The first kappa shape index (κ1) is 22.0. The van der Waals surface area contributed by atoms with Gasteiger partial charge < -0.3 is 14.4 Å². The molecule has 2 aromatic rings. The van der Waals surface area contributed by atoms with Gasteiger partial charge in [0, 0.05) is 42.6 Å². The van der Waals surface area contributed by atoms with Crippen LogP contribution in [0.1, 0.15) is 64.8 Å². The first-order valence-electron chi connectivity index (χ1n) is 9.81. The van der Waals surface area contributed by atoms with Gasteiger partial charge in [0.15, 0.2) is 0 Å². The van der Waals surface area contributed by atoms with E-state index < -0.39 is 0 Å². The first-order valence-corrected chi connectivity index (χ1v) is 9.81. The van der Waals surface area contributed by atoms with Gasteiger partial charge >= 0.3 is 0 Å². The summed E-state index contributed by atoms with van der Waals surface area (Å²) in [4.78, 5) is 6.79. The second-order valence-electron chi connectivity index (χ2n) is 9.53. The molecule has 1 aromatic heterocycles. The monoisotopic (exact) mass is 383 g/mol. The van der Waals surface area contributed by atoms with Crippen molar-refractivity contribution in [2.24, 2.45) is 0 Å². The zero-order chi connectivity index (χ0) is 21.1. The summed E-state index contributed by atoms with van der Waals surface area (Å²) < 4.78 is 5.78. The van der Waals surface area contributed by atoms with E-state index in [4.69, 9.17) is 9.68 Å². The van der Waals surface area contributed by atoms with E-state index in [-0.39, 0.29) is 10.8 Å². The van der Waals surface area contributed by atoms with Gasteiger partial charge in [-0.1, -0.05) is 41.5 Å². The summed E-state index contributed by atoms with van der Waals surface area (Å²) in [6.07, 6.45) is 2.99. The molecular formula is C23H33N3O2. The SMILES string of the molecule is CN(CCC#N)CCc1coc(-c2cc(C(C)(C)C)c(O)c(C(C)(C)C)c2)n1. The standard InChI is InChI=1S/C23H33N3O2/c1-22(2,3)18-13-16(14-19(20(18)27)23(4,5)6)21-25-17(15-28-21)9-12-26(7)11-8-10-24/h13-15,27H,8-9,11-12H2,1-7H3. The molecule has 1 heterocycles. The van der Waals surface area contributed by atoms with Crippen LogP contribution < -0.4 is 0 Å². The predicted molar refractivity (Wildman–Crippen MR) is 112 cm³/mol. The van der Waals surface area contributed by atoms with E-state index in [1.807, 2.05) is 19.2 Å². The van der Waals surface area contributed by atoms with Gasteiger partial charge in [-0.15, -0.1) is 0 Å². The number of aromatic hydroxyl groups is 1. The lowest BCUT2D eigenvalue weighted by atomic mass is 9.78. The molecule has 5 heteroatoms. The van der Waals surface area contributed by atoms with Crippen LogP contribution in [0.2, 0.25) is 0 Å². The lowest BCUT2D eigenvalue weighted by Crippen LogP contribution is -2.22. The molecule has 152 valence electrons.